The Morgan fingerprint density at radius 3 is 2.45 bits per heavy atom. The fraction of sp³-hybridized carbons (Fsp3) is 1.00. The van der Waals surface area contributed by atoms with E-state index in [0.29, 0.717) is 5.41 Å². The summed E-state index contributed by atoms with van der Waals surface area (Å²) in [6, 6.07) is 0. The van der Waals surface area contributed by atoms with Crippen LogP contribution in [0.25, 0.3) is 0 Å². The topological polar surface area (TPSA) is 29.5 Å². The molecule has 1 heterocycles. The Balaban J connectivity index is 2.22. The number of aliphatic hydroxyl groups is 1. The molecule has 1 aliphatic heterocycles. The molecule has 0 spiro atoms. The maximum absolute atomic E-state index is 9.09. The van der Waals surface area contributed by atoms with Crippen molar-refractivity contribution >= 4 is 0 Å². The third kappa shape index (κ3) is 2.17. The first kappa shape index (κ1) is 9.01. The van der Waals surface area contributed by atoms with E-state index in [4.69, 9.17) is 9.84 Å². The molecule has 2 nitrogen and oxygen atoms in total. The van der Waals surface area contributed by atoms with Crippen LogP contribution in [-0.2, 0) is 4.74 Å². The lowest BCUT2D eigenvalue weighted by molar-refractivity contribution is -0.123. The zero-order valence-corrected chi connectivity index (χ0v) is 7.47. The minimum atomic E-state index is -0.154. The van der Waals surface area contributed by atoms with Gasteiger partial charge in [-0.1, -0.05) is 6.92 Å². The average Bonchev–Trinajstić information content (AvgIpc) is 1.86. The predicted octanol–water partition coefficient (Wildman–Crippen LogP) is 1.57. The fourth-order valence-corrected chi connectivity index (χ4v) is 1.43. The minimum absolute atomic E-state index is 0.154. The van der Waals surface area contributed by atoms with Crippen LogP contribution in [0.3, 0.4) is 0 Å². The van der Waals surface area contributed by atoms with Gasteiger partial charge in [-0.15, -0.1) is 0 Å². The zero-order valence-electron chi connectivity index (χ0n) is 7.47. The fourth-order valence-electron chi connectivity index (χ4n) is 1.43. The van der Waals surface area contributed by atoms with Gasteiger partial charge in [0.1, 0.15) is 0 Å². The summed E-state index contributed by atoms with van der Waals surface area (Å²) in [5.41, 5.74) is 0.414. The van der Waals surface area contributed by atoms with Crippen LogP contribution in [0.15, 0.2) is 0 Å². The third-order valence-electron chi connectivity index (χ3n) is 2.66. The summed E-state index contributed by atoms with van der Waals surface area (Å²) in [7, 11) is 0. The van der Waals surface area contributed by atoms with Crippen LogP contribution in [-0.4, -0.2) is 24.4 Å². The number of aliphatic hydroxyl groups excluding tert-OH is 1. The molecule has 11 heavy (non-hydrogen) atoms. The van der Waals surface area contributed by atoms with Gasteiger partial charge < -0.3 is 9.84 Å². The first-order valence-corrected chi connectivity index (χ1v) is 4.44. The van der Waals surface area contributed by atoms with E-state index in [1.54, 1.807) is 0 Å². The van der Waals surface area contributed by atoms with Gasteiger partial charge in [-0.05, 0) is 26.2 Å². The van der Waals surface area contributed by atoms with Crippen molar-refractivity contribution in [3.63, 3.8) is 0 Å². The van der Waals surface area contributed by atoms with Crippen molar-refractivity contribution < 1.29 is 9.84 Å². The summed E-state index contributed by atoms with van der Waals surface area (Å²) in [4.78, 5) is 0. The summed E-state index contributed by atoms with van der Waals surface area (Å²) < 4.78 is 5.18. The standard InChI is InChI=1S/C9H18O2/c1-3-9(6-11-7-9)5-4-8(2)10/h8,10H,3-7H2,1-2H3/t8-/m1/s1. The van der Waals surface area contributed by atoms with Crippen molar-refractivity contribution in [1.29, 1.82) is 0 Å². The lowest BCUT2D eigenvalue weighted by Gasteiger charge is -2.41. The largest absolute Gasteiger partial charge is 0.393 e. The Bertz CT molecular complexity index is 111. The Morgan fingerprint density at radius 1 is 1.55 bits per heavy atom. The number of hydrogen-bond acceptors (Lipinski definition) is 2. The molecule has 0 bridgehead atoms. The third-order valence-corrected chi connectivity index (χ3v) is 2.66. The van der Waals surface area contributed by atoms with Crippen LogP contribution >= 0.6 is 0 Å². The molecule has 1 atom stereocenters. The van der Waals surface area contributed by atoms with Crippen LogP contribution in [0.5, 0.6) is 0 Å². The van der Waals surface area contributed by atoms with Gasteiger partial charge in [0.05, 0.1) is 19.3 Å². The molecule has 1 saturated heterocycles. The summed E-state index contributed by atoms with van der Waals surface area (Å²) in [5, 5.41) is 9.09. The second-order valence-electron chi connectivity index (χ2n) is 3.73. The van der Waals surface area contributed by atoms with Gasteiger partial charge in [-0.3, -0.25) is 0 Å². The maximum Gasteiger partial charge on any atom is 0.0544 e. The van der Waals surface area contributed by atoms with Gasteiger partial charge in [0.25, 0.3) is 0 Å². The molecule has 66 valence electrons. The first-order chi connectivity index (χ1) is 5.18. The highest BCUT2D eigenvalue weighted by Crippen LogP contribution is 2.36. The molecule has 1 N–H and O–H groups in total. The second kappa shape index (κ2) is 3.55. The van der Waals surface area contributed by atoms with Crippen molar-refractivity contribution in [1.82, 2.24) is 0 Å². The number of rotatable bonds is 4. The van der Waals surface area contributed by atoms with Gasteiger partial charge in [-0.2, -0.15) is 0 Å². The Labute approximate surface area is 68.6 Å². The van der Waals surface area contributed by atoms with Gasteiger partial charge in [0, 0.05) is 5.41 Å². The molecule has 0 aromatic heterocycles. The molecule has 0 amide bonds. The first-order valence-electron chi connectivity index (χ1n) is 4.44. The second-order valence-corrected chi connectivity index (χ2v) is 3.73. The molecule has 1 fully saturated rings. The molecular formula is C9H18O2. The number of ether oxygens (including phenoxy) is 1. The molecule has 0 saturated carbocycles. The molecule has 1 aliphatic rings. The van der Waals surface area contributed by atoms with Gasteiger partial charge in [0.15, 0.2) is 0 Å². The smallest absolute Gasteiger partial charge is 0.0544 e. The Morgan fingerprint density at radius 2 is 2.18 bits per heavy atom. The SMILES string of the molecule is CCC1(CC[C@@H](C)O)COC1. The average molecular weight is 158 g/mol. The van der Waals surface area contributed by atoms with Crippen LogP contribution in [0.4, 0.5) is 0 Å². The van der Waals surface area contributed by atoms with Crippen LogP contribution in [0, 0.1) is 5.41 Å². The highest BCUT2D eigenvalue weighted by molar-refractivity contribution is 4.84. The minimum Gasteiger partial charge on any atom is -0.393 e. The van der Waals surface area contributed by atoms with Crippen LogP contribution in [0.2, 0.25) is 0 Å². The normalized spacial score (nSPS) is 24.3. The van der Waals surface area contributed by atoms with Crippen LogP contribution in [0.1, 0.15) is 33.1 Å². The summed E-state index contributed by atoms with van der Waals surface area (Å²) in [6.07, 6.45) is 3.05. The Hall–Kier alpha value is -0.0800. The monoisotopic (exact) mass is 158 g/mol. The van der Waals surface area contributed by atoms with E-state index in [1.165, 1.54) is 6.42 Å². The lowest BCUT2D eigenvalue weighted by Crippen LogP contribution is -2.42. The summed E-state index contributed by atoms with van der Waals surface area (Å²) in [6.45, 7) is 5.85. The predicted molar refractivity (Wildman–Crippen MR) is 44.5 cm³/mol. The molecule has 2 heteroatoms. The number of hydrogen-bond donors (Lipinski definition) is 1. The zero-order chi connectivity index (χ0) is 8.32. The van der Waals surface area contributed by atoms with Gasteiger partial charge in [-0.25, -0.2) is 0 Å². The van der Waals surface area contributed by atoms with E-state index < -0.39 is 0 Å². The van der Waals surface area contributed by atoms with Crippen LogP contribution < -0.4 is 0 Å². The van der Waals surface area contributed by atoms with Crippen molar-refractivity contribution in [2.45, 2.75) is 39.2 Å². The van der Waals surface area contributed by atoms with Gasteiger partial charge in [0.2, 0.25) is 0 Å². The molecule has 1 rings (SSSR count). The van der Waals surface area contributed by atoms with Crippen molar-refractivity contribution in [3.8, 4) is 0 Å². The summed E-state index contributed by atoms with van der Waals surface area (Å²) in [5.74, 6) is 0. The molecular weight excluding hydrogens is 140 g/mol. The highest BCUT2D eigenvalue weighted by Gasteiger charge is 2.36. The molecule has 0 unspecified atom stereocenters. The van der Waals surface area contributed by atoms with Crippen molar-refractivity contribution in [3.05, 3.63) is 0 Å². The van der Waals surface area contributed by atoms with E-state index in [2.05, 4.69) is 6.92 Å². The molecule has 0 radical (unpaired) electrons. The van der Waals surface area contributed by atoms with E-state index >= 15 is 0 Å². The summed E-state index contributed by atoms with van der Waals surface area (Å²) >= 11 is 0. The van der Waals surface area contributed by atoms with E-state index in [0.717, 1.165) is 26.1 Å². The molecule has 0 aromatic rings. The molecule has 0 aromatic carbocycles. The quantitative estimate of drug-likeness (QED) is 0.673. The highest BCUT2D eigenvalue weighted by atomic mass is 16.5. The lowest BCUT2D eigenvalue weighted by atomic mass is 9.78. The molecule has 0 aliphatic carbocycles. The van der Waals surface area contributed by atoms with Crippen molar-refractivity contribution in [2.24, 2.45) is 5.41 Å². The van der Waals surface area contributed by atoms with Gasteiger partial charge >= 0.3 is 0 Å². The van der Waals surface area contributed by atoms with E-state index in [9.17, 15) is 0 Å². The Kier molecular flexibility index (Phi) is 2.90. The van der Waals surface area contributed by atoms with E-state index in [1.807, 2.05) is 6.92 Å². The van der Waals surface area contributed by atoms with Crippen molar-refractivity contribution in [2.75, 3.05) is 13.2 Å². The van der Waals surface area contributed by atoms with E-state index in [-0.39, 0.29) is 6.10 Å². The maximum atomic E-state index is 9.09.